The Hall–Kier alpha value is -2.20. The van der Waals surface area contributed by atoms with Gasteiger partial charge in [-0.25, -0.2) is 0 Å². The van der Waals surface area contributed by atoms with Gasteiger partial charge in [0.05, 0.1) is 5.71 Å². The SMILES string of the molecule is C[Si](C)(C)O/N=C(\CCCC(=O)c1ccccc1)c1ccccc1. The summed E-state index contributed by atoms with van der Waals surface area (Å²) in [5, 5.41) is 4.40. The van der Waals surface area contributed by atoms with Crippen LogP contribution in [0.15, 0.2) is 65.8 Å². The summed E-state index contributed by atoms with van der Waals surface area (Å²) in [6.45, 7) is 6.33. The van der Waals surface area contributed by atoms with Crippen molar-refractivity contribution in [3.05, 3.63) is 71.8 Å². The Bertz CT molecular complexity index is 676. The molecular formula is C20H25NO2Si. The fraction of sp³-hybridized carbons (Fsp3) is 0.300. The van der Waals surface area contributed by atoms with E-state index in [1.54, 1.807) is 0 Å². The molecule has 0 aliphatic carbocycles. The average molecular weight is 340 g/mol. The molecule has 0 atom stereocenters. The van der Waals surface area contributed by atoms with Gasteiger partial charge in [0.15, 0.2) is 5.78 Å². The number of ketones is 1. The molecule has 2 rings (SSSR count). The molecule has 0 aliphatic heterocycles. The van der Waals surface area contributed by atoms with Gasteiger partial charge in [-0.15, -0.1) is 5.16 Å². The maximum atomic E-state index is 12.2. The van der Waals surface area contributed by atoms with Gasteiger partial charge >= 0.3 is 0 Å². The van der Waals surface area contributed by atoms with E-state index in [1.807, 2.05) is 60.7 Å². The number of hydrogen-bond acceptors (Lipinski definition) is 3. The molecule has 0 radical (unpaired) electrons. The van der Waals surface area contributed by atoms with Gasteiger partial charge in [0, 0.05) is 12.0 Å². The van der Waals surface area contributed by atoms with E-state index >= 15 is 0 Å². The Morgan fingerprint density at radius 2 is 1.42 bits per heavy atom. The van der Waals surface area contributed by atoms with Gasteiger partial charge < -0.3 is 4.53 Å². The van der Waals surface area contributed by atoms with E-state index < -0.39 is 8.32 Å². The minimum Gasteiger partial charge on any atom is -0.455 e. The zero-order valence-electron chi connectivity index (χ0n) is 14.7. The number of carbonyl (C=O) groups excluding carboxylic acids is 1. The molecule has 0 N–H and O–H groups in total. The molecule has 2 aromatic carbocycles. The van der Waals surface area contributed by atoms with Crippen molar-refractivity contribution < 1.29 is 9.32 Å². The maximum Gasteiger partial charge on any atom is 0.278 e. The van der Waals surface area contributed by atoms with Gasteiger partial charge in [-0.2, -0.15) is 0 Å². The van der Waals surface area contributed by atoms with E-state index in [2.05, 4.69) is 24.8 Å². The lowest BCUT2D eigenvalue weighted by atomic mass is 10.0. The quantitative estimate of drug-likeness (QED) is 0.283. The van der Waals surface area contributed by atoms with Crippen LogP contribution in [-0.2, 0) is 4.53 Å². The lowest BCUT2D eigenvalue weighted by Crippen LogP contribution is -2.23. The Labute approximate surface area is 145 Å². The second kappa shape index (κ2) is 8.59. The Morgan fingerprint density at radius 1 is 0.875 bits per heavy atom. The molecular weight excluding hydrogens is 314 g/mol. The first kappa shape index (κ1) is 18.1. The molecule has 0 fully saturated rings. The third-order valence-electron chi connectivity index (χ3n) is 3.45. The zero-order chi connectivity index (χ0) is 17.4. The molecule has 0 aromatic heterocycles. The summed E-state index contributed by atoms with van der Waals surface area (Å²) < 4.78 is 5.73. The molecule has 0 spiro atoms. The standard InChI is InChI=1S/C20H25NO2Si/c1-24(2,3)23-21-19(17-11-6-4-7-12-17)15-10-16-20(22)18-13-8-5-9-14-18/h4-9,11-14H,10,15-16H2,1-3H3/b21-19+. The number of oxime groups is 1. The maximum absolute atomic E-state index is 12.2. The van der Waals surface area contributed by atoms with Crippen LogP contribution < -0.4 is 0 Å². The highest BCUT2D eigenvalue weighted by Crippen LogP contribution is 2.13. The predicted molar refractivity (Wildman–Crippen MR) is 102 cm³/mol. The van der Waals surface area contributed by atoms with Gasteiger partial charge in [-0.1, -0.05) is 60.7 Å². The lowest BCUT2D eigenvalue weighted by molar-refractivity contribution is 0.0980. The minimum absolute atomic E-state index is 0.175. The summed E-state index contributed by atoms with van der Waals surface area (Å²) in [6, 6.07) is 19.5. The Kier molecular flexibility index (Phi) is 6.50. The molecule has 0 amide bonds. The molecule has 2 aromatic rings. The summed E-state index contributed by atoms with van der Waals surface area (Å²) >= 11 is 0. The van der Waals surface area contributed by atoms with Crippen LogP contribution in [-0.4, -0.2) is 19.8 Å². The van der Waals surface area contributed by atoms with Crippen molar-refractivity contribution in [3.63, 3.8) is 0 Å². The van der Waals surface area contributed by atoms with Crippen molar-refractivity contribution in [2.45, 2.75) is 38.9 Å². The lowest BCUT2D eigenvalue weighted by Gasteiger charge is -2.15. The van der Waals surface area contributed by atoms with E-state index in [0.29, 0.717) is 6.42 Å². The number of benzene rings is 2. The number of nitrogens with zero attached hydrogens (tertiary/aromatic N) is 1. The average Bonchev–Trinajstić information content (AvgIpc) is 2.58. The van der Waals surface area contributed by atoms with Crippen molar-refractivity contribution in [1.29, 1.82) is 0 Å². The highest BCUT2D eigenvalue weighted by molar-refractivity contribution is 6.69. The van der Waals surface area contributed by atoms with Crippen molar-refractivity contribution in [1.82, 2.24) is 0 Å². The molecule has 0 saturated heterocycles. The van der Waals surface area contributed by atoms with Crippen molar-refractivity contribution >= 4 is 19.8 Å². The second-order valence-corrected chi connectivity index (χ2v) is 11.2. The third kappa shape index (κ3) is 6.12. The minimum atomic E-state index is -1.72. The normalized spacial score (nSPS) is 12.0. The summed E-state index contributed by atoms with van der Waals surface area (Å²) in [4.78, 5) is 12.2. The van der Waals surface area contributed by atoms with Crippen molar-refractivity contribution in [2.75, 3.05) is 0 Å². The molecule has 126 valence electrons. The molecule has 0 heterocycles. The molecule has 0 unspecified atom stereocenters. The van der Waals surface area contributed by atoms with Crippen molar-refractivity contribution in [2.24, 2.45) is 5.16 Å². The van der Waals surface area contributed by atoms with Crippen LogP contribution in [0.5, 0.6) is 0 Å². The predicted octanol–water partition coefficient (Wildman–Crippen LogP) is 5.30. The Morgan fingerprint density at radius 3 is 1.96 bits per heavy atom. The number of hydrogen-bond donors (Lipinski definition) is 0. The van der Waals surface area contributed by atoms with E-state index in [-0.39, 0.29) is 5.78 Å². The molecule has 4 heteroatoms. The van der Waals surface area contributed by atoms with Gasteiger partial charge in [0.1, 0.15) is 0 Å². The van der Waals surface area contributed by atoms with Crippen LogP contribution in [0.2, 0.25) is 19.6 Å². The second-order valence-electron chi connectivity index (χ2n) is 6.75. The van der Waals surface area contributed by atoms with E-state index in [0.717, 1.165) is 29.7 Å². The van der Waals surface area contributed by atoms with E-state index in [1.165, 1.54) is 0 Å². The molecule has 0 aliphatic rings. The van der Waals surface area contributed by atoms with Crippen molar-refractivity contribution in [3.8, 4) is 0 Å². The molecule has 3 nitrogen and oxygen atoms in total. The summed E-state index contributed by atoms with van der Waals surface area (Å²) in [7, 11) is -1.72. The van der Waals surface area contributed by atoms with E-state index in [9.17, 15) is 4.79 Å². The Balaban J connectivity index is 2.00. The monoisotopic (exact) mass is 339 g/mol. The van der Waals surface area contributed by atoms with Crippen LogP contribution in [0.25, 0.3) is 0 Å². The highest BCUT2D eigenvalue weighted by atomic mass is 28.4. The fourth-order valence-electron chi connectivity index (χ4n) is 2.25. The molecule has 0 saturated carbocycles. The zero-order valence-corrected chi connectivity index (χ0v) is 15.7. The van der Waals surface area contributed by atoms with Gasteiger partial charge in [0.25, 0.3) is 8.32 Å². The fourth-order valence-corrected chi connectivity index (χ4v) is 2.63. The number of rotatable bonds is 8. The first-order valence-corrected chi connectivity index (χ1v) is 11.8. The van der Waals surface area contributed by atoms with Crippen LogP contribution in [0, 0.1) is 0 Å². The van der Waals surface area contributed by atoms with Crippen LogP contribution >= 0.6 is 0 Å². The van der Waals surface area contributed by atoms with Gasteiger partial charge in [-0.3, -0.25) is 4.79 Å². The first-order chi connectivity index (χ1) is 11.5. The van der Waals surface area contributed by atoms with Crippen LogP contribution in [0.4, 0.5) is 0 Å². The van der Waals surface area contributed by atoms with Gasteiger partial charge in [-0.05, 0) is 38.0 Å². The topological polar surface area (TPSA) is 38.7 Å². The van der Waals surface area contributed by atoms with Crippen LogP contribution in [0.1, 0.15) is 35.2 Å². The third-order valence-corrected chi connectivity index (χ3v) is 4.09. The molecule has 24 heavy (non-hydrogen) atoms. The smallest absolute Gasteiger partial charge is 0.278 e. The first-order valence-electron chi connectivity index (χ1n) is 8.34. The highest BCUT2D eigenvalue weighted by Gasteiger charge is 2.17. The van der Waals surface area contributed by atoms with E-state index in [4.69, 9.17) is 4.53 Å². The summed E-state index contributed by atoms with van der Waals surface area (Å²) in [6.07, 6.45) is 2.01. The largest absolute Gasteiger partial charge is 0.455 e. The summed E-state index contributed by atoms with van der Waals surface area (Å²) in [5.41, 5.74) is 2.75. The molecule has 0 bridgehead atoms. The number of Topliss-reactive ketones (excluding diaryl/α,β-unsaturated/α-hetero) is 1. The number of carbonyl (C=O) groups is 1. The van der Waals surface area contributed by atoms with Gasteiger partial charge in [0.2, 0.25) is 0 Å². The van der Waals surface area contributed by atoms with Crippen LogP contribution in [0.3, 0.4) is 0 Å². The summed E-state index contributed by atoms with van der Waals surface area (Å²) in [5.74, 6) is 0.175.